The van der Waals surface area contributed by atoms with Gasteiger partial charge in [0.1, 0.15) is 0 Å². The fourth-order valence-corrected chi connectivity index (χ4v) is 4.09. The molecule has 0 aromatic heterocycles. The molecule has 1 amide bonds. The first-order valence-corrected chi connectivity index (χ1v) is 10.3. The van der Waals surface area contributed by atoms with Gasteiger partial charge in [0, 0.05) is 31.9 Å². The molecule has 0 saturated carbocycles. The summed E-state index contributed by atoms with van der Waals surface area (Å²) in [5, 5.41) is 0. The van der Waals surface area contributed by atoms with Gasteiger partial charge in [-0.3, -0.25) is 4.79 Å². The normalized spacial score (nSPS) is 16.2. The highest BCUT2D eigenvalue weighted by molar-refractivity contribution is 5.91. The molecule has 0 N–H and O–H groups in total. The molecule has 1 heterocycles. The Morgan fingerprint density at radius 2 is 1.68 bits per heavy atom. The van der Waals surface area contributed by atoms with Crippen LogP contribution in [0, 0.1) is 0 Å². The lowest BCUT2D eigenvalue weighted by Crippen LogP contribution is -2.50. The summed E-state index contributed by atoms with van der Waals surface area (Å²) in [6.45, 7) is 1.17. The molecular weight excluding hydrogens is 409 g/mol. The molecule has 0 unspecified atom stereocenters. The van der Waals surface area contributed by atoms with Crippen LogP contribution in [0.25, 0.3) is 0 Å². The minimum atomic E-state index is -4.39. The molecule has 31 heavy (non-hydrogen) atoms. The molecule has 1 aliphatic heterocycles. The predicted octanol–water partition coefficient (Wildman–Crippen LogP) is 3.70. The van der Waals surface area contributed by atoms with Gasteiger partial charge < -0.3 is 14.5 Å². The zero-order valence-corrected chi connectivity index (χ0v) is 17.0. The number of anilines is 1. The number of hydrogen-bond donors (Lipinski definition) is 0. The minimum absolute atomic E-state index is 0.307. The van der Waals surface area contributed by atoms with E-state index in [2.05, 4.69) is 0 Å². The Labute approximate surface area is 178 Å². The van der Waals surface area contributed by atoms with Crippen LogP contribution in [0.1, 0.15) is 33.5 Å². The van der Waals surface area contributed by atoms with Crippen LogP contribution in [0.5, 0.6) is 0 Å². The first-order chi connectivity index (χ1) is 14.8. The predicted molar refractivity (Wildman–Crippen MR) is 109 cm³/mol. The van der Waals surface area contributed by atoms with Crippen LogP contribution < -0.4 is 4.90 Å². The summed E-state index contributed by atoms with van der Waals surface area (Å²) in [6, 6.07) is 10.7. The van der Waals surface area contributed by atoms with E-state index in [1.54, 1.807) is 17.0 Å². The molecule has 2 aliphatic rings. The number of esters is 1. The second-order valence-corrected chi connectivity index (χ2v) is 7.83. The Kier molecular flexibility index (Phi) is 5.89. The molecule has 8 heteroatoms. The van der Waals surface area contributed by atoms with E-state index in [0.717, 1.165) is 37.0 Å². The van der Waals surface area contributed by atoms with Crippen molar-refractivity contribution in [2.45, 2.75) is 25.4 Å². The topological polar surface area (TPSA) is 49.9 Å². The van der Waals surface area contributed by atoms with E-state index in [4.69, 9.17) is 4.74 Å². The molecule has 2 aromatic carbocycles. The number of fused-ring (bicyclic) bond motifs is 1. The summed E-state index contributed by atoms with van der Waals surface area (Å²) in [7, 11) is 0. The first kappa shape index (κ1) is 21.2. The number of ether oxygens (including phenoxy) is 1. The molecular formula is C23H23F3N2O3. The number of aryl methyl sites for hydroxylation is 2. The van der Waals surface area contributed by atoms with E-state index in [0.29, 0.717) is 37.4 Å². The Morgan fingerprint density at radius 3 is 2.42 bits per heavy atom. The number of nitrogens with zero attached hydrogens (tertiary/aromatic N) is 2. The van der Waals surface area contributed by atoms with Crippen LogP contribution in [0.3, 0.4) is 0 Å². The van der Waals surface area contributed by atoms with Gasteiger partial charge in [0.15, 0.2) is 6.61 Å². The van der Waals surface area contributed by atoms with E-state index in [1.807, 2.05) is 17.0 Å². The van der Waals surface area contributed by atoms with Crippen LogP contribution in [0.4, 0.5) is 18.9 Å². The number of alkyl halides is 3. The average molecular weight is 432 g/mol. The van der Waals surface area contributed by atoms with Crippen molar-refractivity contribution in [3.63, 3.8) is 0 Å². The summed E-state index contributed by atoms with van der Waals surface area (Å²) in [5.41, 5.74) is 2.65. The maximum Gasteiger partial charge on any atom is 0.416 e. The van der Waals surface area contributed by atoms with Crippen LogP contribution >= 0.6 is 0 Å². The summed E-state index contributed by atoms with van der Waals surface area (Å²) in [6.07, 6.45) is -1.34. The molecule has 164 valence electrons. The summed E-state index contributed by atoms with van der Waals surface area (Å²) in [4.78, 5) is 28.1. The highest BCUT2D eigenvalue weighted by atomic mass is 19.4. The van der Waals surface area contributed by atoms with Crippen molar-refractivity contribution in [3.05, 3.63) is 64.7 Å². The molecule has 2 aromatic rings. The second kappa shape index (κ2) is 8.61. The van der Waals surface area contributed by atoms with Crippen molar-refractivity contribution < 1.29 is 27.5 Å². The molecule has 0 radical (unpaired) electrons. The summed E-state index contributed by atoms with van der Waals surface area (Å²) >= 11 is 0. The van der Waals surface area contributed by atoms with Gasteiger partial charge in [0.25, 0.3) is 5.91 Å². The number of halogens is 3. The third-order valence-electron chi connectivity index (χ3n) is 5.83. The molecule has 5 nitrogen and oxygen atoms in total. The lowest BCUT2D eigenvalue weighted by atomic mass is 10.1. The first-order valence-electron chi connectivity index (χ1n) is 10.3. The van der Waals surface area contributed by atoms with Gasteiger partial charge in [0.05, 0.1) is 11.1 Å². The van der Waals surface area contributed by atoms with Crippen molar-refractivity contribution in [2.75, 3.05) is 37.7 Å². The van der Waals surface area contributed by atoms with Crippen molar-refractivity contribution in [2.24, 2.45) is 0 Å². The zero-order valence-electron chi connectivity index (χ0n) is 17.0. The van der Waals surface area contributed by atoms with Gasteiger partial charge in [-0.05, 0) is 60.7 Å². The van der Waals surface area contributed by atoms with E-state index >= 15 is 0 Å². The molecule has 0 atom stereocenters. The number of amides is 1. The number of carbonyl (C=O) groups excluding carboxylic acids is 2. The molecule has 1 saturated heterocycles. The van der Waals surface area contributed by atoms with Gasteiger partial charge in [-0.15, -0.1) is 0 Å². The number of rotatable bonds is 4. The highest BCUT2D eigenvalue weighted by Crippen LogP contribution is 2.32. The van der Waals surface area contributed by atoms with E-state index in [9.17, 15) is 22.8 Å². The maximum atomic E-state index is 12.9. The summed E-state index contributed by atoms with van der Waals surface area (Å²) < 4.78 is 44.0. The molecule has 0 spiro atoms. The lowest BCUT2D eigenvalue weighted by Gasteiger charge is -2.36. The number of benzene rings is 2. The molecule has 4 rings (SSSR count). The monoisotopic (exact) mass is 432 g/mol. The average Bonchev–Trinajstić information content (AvgIpc) is 3.25. The summed E-state index contributed by atoms with van der Waals surface area (Å²) in [5.74, 6) is -0.830. The highest BCUT2D eigenvalue weighted by Gasteiger charge is 2.31. The maximum absolute atomic E-state index is 12.9. The Bertz CT molecular complexity index is 982. The van der Waals surface area contributed by atoms with E-state index < -0.39 is 17.7 Å². The van der Waals surface area contributed by atoms with Crippen molar-refractivity contribution in [1.29, 1.82) is 0 Å². The van der Waals surface area contributed by atoms with Gasteiger partial charge >= 0.3 is 12.1 Å². The fraction of sp³-hybridized carbons (Fsp3) is 0.391. The van der Waals surface area contributed by atoms with Crippen LogP contribution in [0.2, 0.25) is 0 Å². The number of hydrogen-bond acceptors (Lipinski definition) is 4. The van der Waals surface area contributed by atoms with Crippen molar-refractivity contribution >= 4 is 17.6 Å². The molecule has 1 fully saturated rings. The van der Waals surface area contributed by atoms with E-state index in [-0.39, 0.29) is 12.5 Å². The largest absolute Gasteiger partial charge is 0.452 e. The van der Waals surface area contributed by atoms with Crippen molar-refractivity contribution in [3.8, 4) is 0 Å². The fourth-order valence-electron chi connectivity index (χ4n) is 4.09. The second-order valence-electron chi connectivity index (χ2n) is 7.83. The third-order valence-corrected chi connectivity index (χ3v) is 5.83. The number of carbonyl (C=O) groups is 2. The van der Waals surface area contributed by atoms with Gasteiger partial charge in [-0.25, -0.2) is 4.79 Å². The number of piperazine rings is 1. The minimum Gasteiger partial charge on any atom is -0.452 e. The van der Waals surface area contributed by atoms with Crippen molar-refractivity contribution in [1.82, 2.24) is 4.90 Å². The Balaban J connectivity index is 1.28. The van der Waals surface area contributed by atoms with Gasteiger partial charge in [-0.1, -0.05) is 12.1 Å². The van der Waals surface area contributed by atoms with Crippen LogP contribution in [-0.2, 0) is 28.5 Å². The van der Waals surface area contributed by atoms with Crippen LogP contribution in [0.15, 0.2) is 42.5 Å². The molecule has 1 aliphatic carbocycles. The zero-order chi connectivity index (χ0) is 22.0. The SMILES string of the molecule is O=C(OCC(=O)N1CCN(c2cccc(C(F)(F)F)c2)CC1)c1ccc2c(c1)CCC2. The van der Waals surface area contributed by atoms with E-state index in [1.165, 1.54) is 11.6 Å². The molecule has 0 bridgehead atoms. The Hall–Kier alpha value is -3.03. The van der Waals surface area contributed by atoms with Gasteiger partial charge in [0.2, 0.25) is 0 Å². The Morgan fingerprint density at radius 1 is 0.935 bits per heavy atom. The smallest absolute Gasteiger partial charge is 0.416 e. The lowest BCUT2D eigenvalue weighted by molar-refractivity contribution is -0.137. The standard InChI is InChI=1S/C23H23F3N2O3/c24-23(25,26)19-5-2-6-20(14-19)27-9-11-28(12-10-27)21(29)15-31-22(30)18-8-7-16-3-1-4-17(16)13-18/h2,5-8,13-14H,1,3-4,9-12,15H2. The quantitative estimate of drug-likeness (QED) is 0.692. The van der Waals surface area contributed by atoms with Crippen LogP contribution in [-0.4, -0.2) is 49.6 Å². The van der Waals surface area contributed by atoms with Gasteiger partial charge in [-0.2, -0.15) is 13.2 Å². The third kappa shape index (κ3) is 4.84.